The minimum absolute atomic E-state index is 0.0697. The van der Waals surface area contributed by atoms with E-state index in [1.165, 1.54) is 25.7 Å². The van der Waals surface area contributed by atoms with E-state index in [4.69, 9.17) is 25.7 Å². The van der Waals surface area contributed by atoms with Gasteiger partial charge >= 0.3 is 0 Å². The highest BCUT2D eigenvalue weighted by molar-refractivity contribution is 5.95. The van der Waals surface area contributed by atoms with Crippen molar-refractivity contribution < 1.29 is 28.6 Å². The highest BCUT2D eigenvalue weighted by Gasteiger charge is 2.21. The van der Waals surface area contributed by atoms with Crippen LogP contribution in [0, 0.1) is 521 Å². The van der Waals surface area contributed by atoms with E-state index in [0.717, 1.165) is 97.9 Å². The summed E-state index contributed by atoms with van der Waals surface area (Å²) in [5.74, 6) is 224. The number of nitrogens with one attached hydrogen (secondary N) is 2. The van der Waals surface area contributed by atoms with E-state index in [9.17, 15) is 14.4 Å². The molecule has 11 heteroatoms. The van der Waals surface area contributed by atoms with E-state index < -0.39 is 0 Å². The van der Waals surface area contributed by atoms with Gasteiger partial charge in [-0.2, -0.15) is 0 Å². The number of rotatable bonds is 18. The molecule has 2 atom stereocenters. The predicted molar refractivity (Wildman–Crippen MR) is 585 cm³/mol. The molecule has 684 valence electrons. The molecule has 3 aromatic carbocycles. The van der Waals surface area contributed by atoms with Crippen molar-refractivity contribution in [1.29, 1.82) is 0 Å². The molecule has 2 unspecified atom stereocenters. The minimum atomic E-state index is -0.105. The number of ether oxygens (including phenoxy) is 3. The summed E-state index contributed by atoms with van der Waals surface area (Å²) in [6.45, 7) is 9.64. The zero-order valence-corrected chi connectivity index (χ0v) is 80.9. The van der Waals surface area contributed by atoms with Gasteiger partial charge in [0.15, 0.2) is 0 Å². The molecule has 6 N–H and O–H groups in total. The second-order valence-electron chi connectivity index (χ2n) is 26.3. The summed E-state index contributed by atoms with van der Waals surface area (Å²) >= 11 is 0. The Morgan fingerprint density at radius 2 is 0.615 bits per heavy atom. The molecule has 148 heavy (non-hydrogen) atoms. The van der Waals surface area contributed by atoms with Gasteiger partial charge in [0.05, 0.1) is 18.8 Å². The van der Waals surface area contributed by atoms with Crippen molar-refractivity contribution in [2.24, 2.45) is 11.5 Å². The highest BCUT2D eigenvalue weighted by atomic mass is 16.5. The molecule has 6 rings (SSSR count). The topological polar surface area (TPSA) is 158 Å². The van der Waals surface area contributed by atoms with Crippen LogP contribution in [0.4, 0.5) is 5.69 Å². The molecule has 0 spiro atoms. The number of nitrogens with two attached hydrogens (primary N) is 2. The van der Waals surface area contributed by atoms with Gasteiger partial charge in [0.25, 0.3) is 0 Å². The molecule has 1 aliphatic heterocycles. The van der Waals surface area contributed by atoms with Crippen LogP contribution >= 0.6 is 0 Å². The molecule has 2 aliphatic carbocycles. The molecule has 3 amide bonds. The van der Waals surface area contributed by atoms with Crippen molar-refractivity contribution in [2.75, 3.05) is 44.4 Å². The van der Waals surface area contributed by atoms with Crippen molar-refractivity contribution in [3.05, 3.63) is 101 Å². The van der Waals surface area contributed by atoms with Crippen molar-refractivity contribution >= 4 is 23.4 Å². The van der Waals surface area contributed by atoms with Crippen molar-refractivity contribution in [1.82, 2.24) is 10.6 Å². The Hall–Kier alpha value is -23.5. The summed E-state index contributed by atoms with van der Waals surface area (Å²) in [6.07, 6.45) is 13.7. The van der Waals surface area contributed by atoms with Crippen LogP contribution in [0.1, 0.15) is 138 Å². The summed E-state index contributed by atoms with van der Waals surface area (Å²) in [7, 11) is 0. The van der Waals surface area contributed by atoms with Gasteiger partial charge < -0.3 is 41.2 Å². The fraction of sp³-hybridized carbons (Fsp3) is 0.204. The summed E-state index contributed by atoms with van der Waals surface area (Å²) in [6, 6.07) is 23.8. The number of anilines is 1. The number of carbonyl (C=O) groups excluding carboxylic acids is 3. The Labute approximate surface area is 876 Å². The zero-order chi connectivity index (χ0) is 105. The minimum Gasteiger partial charge on any atom is -0.380 e. The second-order valence-corrected chi connectivity index (χ2v) is 26.3. The number of para-hydroxylation sites is 1. The molecule has 3 aromatic rings. The lowest BCUT2D eigenvalue weighted by molar-refractivity contribution is -0.127. The van der Waals surface area contributed by atoms with E-state index in [1.54, 1.807) is 13.8 Å². The van der Waals surface area contributed by atoms with Gasteiger partial charge in [0, 0.05) is 436 Å². The number of hydrogen-bond donors (Lipinski definition) is 4. The fourth-order valence-corrected chi connectivity index (χ4v) is 9.49. The Kier molecular flexibility index (Phi) is 75.3. The number of benzene rings is 3. The number of nitrogens with zero attached hydrogens (tertiary/aromatic N) is 1. The average Bonchev–Trinajstić information content (AvgIpc) is 0.803. The largest absolute Gasteiger partial charge is 0.380 e. The molecule has 0 aromatic heterocycles. The molecule has 11 nitrogen and oxygen atoms in total. The van der Waals surface area contributed by atoms with Crippen LogP contribution in [0.15, 0.2) is 72.8 Å². The Morgan fingerprint density at radius 3 is 0.919 bits per heavy atom. The van der Waals surface area contributed by atoms with E-state index >= 15 is 0 Å². The van der Waals surface area contributed by atoms with Crippen molar-refractivity contribution in [2.45, 2.75) is 143 Å². The zero-order valence-electron chi connectivity index (χ0n) is 80.9. The molecule has 1 heterocycles. The van der Waals surface area contributed by atoms with Gasteiger partial charge in [0.2, 0.25) is 17.7 Å². The molecule has 0 radical (unpaired) electrons. The maximum absolute atomic E-state index is 12.7. The van der Waals surface area contributed by atoms with Crippen LogP contribution in [-0.4, -0.2) is 69.4 Å². The molecular weight excluding hydrogens is 1810 g/mol. The lowest BCUT2D eigenvalue weighted by Crippen LogP contribution is -2.32. The highest BCUT2D eigenvalue weighted by Crippen LogP contribution is 2.26. The fourth-order valence-electron chi connectivity index (χ4n) is 9.49. The first-order valence-corrected chi connectivity index (χ1v) is 44.4. The Balaban J connectivity index is 0.000000685. The van der Waals surface area contributed by atoms with Crippen LogP contribution in [0.3, 0.4) is 0 Å². The summed E-state index contributed by atoms with van der Waals surface area (Å²) in [5, 5.41) is 5.63. The summed E-state index contributed by atoms with van der Waals surface area (Å²) in [5.41, 5.74) is 17.1. The number of unbranched alkanes of at least 4 members (excludes halogenated alkanes) is 1. The van der Waals surface area contributed by atoms with Crippen LogP contribution < -0.4 is 27.0 Å². The monoisotopic (exact) mass is 1890 g/mol. The third-order valence-electron chi connectivity index (χ3n) is 15.8. The van der Waals surface area contributed by atoms with Crippen molar-refractivity contribution in [3.63, 3.8) is 0 Å². The lowest BCUT2D eigenvalue weighted by Gasteiger charge is -2.26. The normalized spacial score (nSPS) is 9.24. The molecule has 0 bridgehead atoms. The van der Waals surface area contributed by atoms with Gasteiger partial charge in [0.1, 0.15) is 25.4 Å². The van der Waals surface area contributed by atoms with Crippen LogP contribution in [0.2, 0.25) is 0 Å². The van der Waals surface area contributed by atoms with E-state index in [-0.39, 0.29) is 43.1 Å². The van der Waals surface area contributed by atoms with Gasteiger partial charge in [-0.05, 0) is 208 Å². The average molecular weight is 1890 g/mol. The number of hydrogen-bond acceptors (Lipinski definition) is 8. The number of carbonyl (C=O) groups is 3. The standard InChI is InChI=1S/C84H6.C20H20N2O.C18H24N2O2.C15H25NO3/c1-3-5-7-9-11-13-15-17-19-21-23-25-27-29-31-33-35-37-39-41-43-45-47-49-51-53-55-57-59-61-63-65-67-69-71-73-75-77-79-81-83-84-82-80-78-76-74-72-70-68-66-64-62-60-58-56-54-52-50-48-46-44-42-40-38-36-34-32-30-28-26-24-22-20-18-16-14-12-10-8-6-4-2;21-14-6-5-11-20(23)22-15-18-9-2-1-7-16(18)12-13-17-8-3-4-10-19(17)22;19-12-15-8-10-16(11-9-15)13-20-18(21)14-22-17-6-4-2-1-3-5-7-17;1-2-11-18-12-10-16-15(17)13-19-14-8-6-4-3-5-7-9-14/h1-2H3;1-4,7-10H,5-6,11,14-15,21H2;8-11,17H,1-4,6,12-14,19H2,(H,20,21);14H,2-6,8,10-13H2,1H3,(H,16,17). The first-order valence-electron chi connectivity index (χ1n) is 44.4. The smallest absolute Gasteiger partial charge is 0.246 e. The van der Waals surface area contributed by atoms with Crippen LogP contribution in [0.25, 0.3) is 0 Å². The first kappa shape index (κ1) is 119. The second kappa shape index (κ2) is 93.9. The number of amides is 3. The molecule has 0 fully saturated rings. The molecule has 0 saturated carbocycles. The van der Waals surface area contributed by atoms with E-state index in [1.807, 2.05) is 77.7 Å². The third-order valence-corrected chi connectivity index (χ3v) is 15.8. The Bertz CT molecular complexity index is 8300. The quantitative estimate of drug-likeness (QED) is 0.0734. The maximum atomic E-state index is 12.7. The Morgan fingerprint density at radius 1 is 0.331 bits per heavy atom. The van der Waals surface area contributed by atoms with E-state index in [2.05, 4.69) is 539 Å². The molecule has 0 saturated heterocycles. The SMILES string of the molecule is CC#CC#CC#CC#CC#CC#CC#CC#CC#CC#CC#CC#CC#CC#CC#CC#CC#CC#CC#CC#CC#CC#CC#CC#CC#CC#CC#CC#CC#CC#CC#CC#CC#CC#CC#CC#CC#CC#CC#CC#CC#CC.CCCOCCNC(=O)COC1C#CCCCCC1.NCCCCC(=O)N1Cc2ccccc2C#Cc2ccccc21.NCc1ccc(CNC(=O)COC2C#CCCCCC2)cc1. The van der Waals surface area contributed by atoms with Gasteiger partial charge in [-0.25, -0.2) is 0 Å². The van der Waals surface area contributed by atoms with Gasteiger partial charge in [-0.1, -0.05) is 110 Å². The number of fused-ring (bicyclic) bond motifs is 2. The third kappa shape index (κ3) is 74.8. The van der Waals surface area contributed by atoms with Gasteiger partial charge in [-0.3, -0.25) is 14.4 Å². The predicted octanol–water partition coefficient (Wildman–Crippen LogP) is 8.22. The van der Waals surface area contributed by atoms with Crippen molar-refractivity contribution in [3.8, 4) is 521 Å². The van der Waals surface area contributed by atoms with Gasteiger partial charge in [-0.15, -0.1) is 11.8 Å². The summed E-state index contributed by atoms with van der Waals surface area (Å²) in [4.78, 5) is 38.0. The molecule has 3 aliphatic rings. The lowest BCUT2D eigenvalue weighted by atomic mass is 10.0. The van der Waals surface area contributed by atoms with Crippen LogP contribution in [-0.2, 0) is 48.2 Å². The maximum Gasteiger partial charge on any atom is 0.246 e. The van der Waals surface area contributed by atoms with Crippen LogP contribution in [0.5, 0.6) is 0 Å². The first-order chi connectivity index (χ1) is 73.3. The van der Waals surface area contributed by atoms with E-state index in [0.29, 0.717) is 45.8 Å². The summed E-state index contributed by atoms with van der Waals surface area (Å²) < 4.78 is 16.4. The molecular formula is C137H75N5O6.